The third-order valence-corrected chi connectivity index (χ3v) is 12.4. The van der Waals surface area contributed by atoms with Crippen LogP contribution in [0.3, 0.4) is 0 Å². The molecule has 320 valence electrons. The van der Waals surface area contributed by atoms with E-state index in [0.717, 1.165) is 75.5 Å². The van der Waals surface area contributed by atoms with Gasteiger partial charge in [-0.3, -0.25) is 24.3 Å². The van der Waals surface area contributed by atoms with Gasteiger partial charge in [-0.25, -0.2) is 9.78 Å². The smallest absolute Gasteiger partial charge is 0.490 e. The van der Waals surface area contributed by atoms with Crippen LogP contribution in [0.2, 0.25) is 0 Å². The molecule has 0 atom stereocenters. The monoisotopic (exact) mass is 915 g/mol. The summed E-state index contributed by atoms with van der Waals surface area (Å²) >= 11 is 3.60. The summed E-state index contributed by atoms with van der Waals surface area (Å²) in [7, 11) is 0.806. The second-order valence-corrected chi connectivity index (χ2v) is 18.9. The van der Waals surface area contributed by atoms with Gasteiger partial charge in [0.15, 0.2) is 0 Å². The van der Waals surface area contributed by atoms with Crippen LogP contribution < -0.4 is 25.6 Å². The number of hydrogen-bond donors (Lipinski definition) is 3. The Morgan fingerprint density at radius 3 is 2.27 bits per heavy atom. The number of aliphatic carboxylic acids is 1. The number of piperidine rings is 1. The first-order chi connectivity index (χ1) is 28.4. The van der Waals surface area contributed by atoms with E-state index in [9.17, 15) is 22.5 Å². The highest BCUT2D eigenvalue weighted by molar-refractivity contribution is 9.10. The number of carbonyl (C=O) groups is 2. The van der Waals surface area contributed by atoms with Gasteiger partial charge in [0.1, 0.15) is 24.2 Å². The number of nitrogens with zero attached hydrogens (tertiary/aromatic N) is 9. The van der Waals surface area contributed by atoms with E-state index < -0.39 is 19.3 Å². The molecule has 0 saturated carbocycles. The van der Waals surface area contributed by atoms with Gasteiger partial charge < -0.3 is 34.8 Å². The highest BCUT2D eigenvalue weighted by atomic mass is 79.9. The fraction of sp³-hybridized carbons (Fsp3) is 0.410. The van der Waals surface area contributed by atoms with Crippen molar-refractivity contribution in [3.8, 4) is 16.9 Å². The van der Waals surface area contributed by atoms with Gasteiger partial charge in [0.25, 0.3) is 0 Å². The molecule has 3 N–H and O–H groups in total. The first-order valence-corrected chi connectivity index (χ1v) is 22.4. The van der Waals surface area contributed by atoms with Gasteiger partial charge in [-0.15, -0.1) is 0 Å². The average molecular weight is 917 g/mol. The number of halogens is 4. The number of anilines is 5. The maximum Gasteiger partial charge on any atom is 0.490 e. The number of ether oxygens (including phenoxy) is 1. The van der Waals surface area contributed by atoms with Crippen molar-refractivity contribution >= 4 is 80.1 Å². The number of carboxylic acid groups (broad SMARTS) is 1. The summed E-state index contributed by atoms with van der Waals surface area (Å²) in [5.74, 6) is -0.481. The van der Waals surface area contributed by atoms with Gasteiger partial charge in [0, 0.05) is 107 Å². The topological polar surface area (TPSA) is 184 Å². The molecule has 0 radical (unpaired) electrons. The van der Waals surface area contributed by atoms with Crippen LogP contribution >= 0.6 is 23.1 Å². The highest BCUT2D eigenvalue weighted by Crippen LogP contribution is 2.43. The molecule has 2 aliphatic heterocycles. The Labute approximate surface area is 353 Å². The summed E-state index contributed by atoms with van der Waals surface area (Å²) in [6.07, 6.45) is 5.89. The highest BCUT2D eigenvalue weighted by Gasteiger charge is 2.38. The molecule has 5 aromatic rings. The van der Waals surface area contributed by atoms with Gasteiger partial charge in [-0.2, -0.15) is 23.3 Å². The van der Waals surface area contributed by atoms with Crippen LogP contribution in [-0.2, 0) is 21.2 Å². The minimum Gasteiger partial charge on any atom is -0.494 e. The van der Waals surface area contributed by atoms with Gasteiger partial charge in [-0.1, -0.05) is 0 Å². The molecule has 1 amide bonds. The molecule has 0 aliphatic carbocycles. The van der Waals surface area contributed by atoms with E-state index in [2.05, 4.69) is 68.5 Å². The predicted molar refractivity (Wildman–Crippen MR) is 227 cm³/mol. The van der Waals surface area contributed by atoms with Crippen molar-refractivity contribution in [1.82, 2.24) is 39.5 Å². The van der Waals surface area contributed by atoms with Crippen LogP contribution in [0.4, 0.5) is 42.0 Å². The van der Waals surface area contributed by atoms with Crippen LogP contribution in [0.15, 0.2) is 59.7 Å². The maximum atomic E-state index is 13.5. The Morgan fingerprint density at radius 1 is 0.983 bits per heavy atom. The van der Waals surface area contributed by atoms with E-state index in [1.165, 1.54) is 0 Å². The number of nitrogens with one attached hydrogen (secondary N) is 2. The fourth-order valence-corrected chi connectivity index (χ4v) is 8.97. The van der Waals surface area contributed by atoms with E-state index in [0.29, 0.717) is 55.6 Å². The van der Waals surface area contributed by atoms with Crippen molar-refractivity contribution in [2.24, 2.45) is 13.0 Å². The number of aryl methyl sites for hydroxylation is 1. The second kappa shape index (κ2) is 18.5. The molecule has 7 rings (SSSR count). The summed E-state index contributed by atoms with van der Waals surface area (Å²) in [6, 6.07) is 7.88. The molecule has 16 nitrogen and oxygen atoms in total. The van der Waals surface area contributed by atoms with Crippen molar-refractivity contribution in [3.63, 3.8) is 0 Å². The molecule has 2 aromatic carbocycles. The van der Waals surface area contributed by atoms with Crippen LogP contribution in [-0.4, -0.2) is 129 Å². The first kappa shape index (κ1) is 44.2. The minimum absolute atomic E-state index is 0.165. The van der Waals surface area contributed by atoms with Crippen molar-refractivity contribution in [3.05, 3.63) is 59.7 Å². The standard InChI is InChI=1S/C37H45BrN11O3P.C2HF3O2/c1-24(50)48-16-14-47(15-17-48)22-25-8-12-49(13-9-25)32-19-33(52-3)31(18-27(32)26-20-42-46(2)23-26)44-37-41-21-28(38)36(45-37)43-30-7-6-29-34(40-11-10-39-29)35(30)53(4,5)51;3-2(4,5)1(6)7/h6-7,10-11,18-21,23,25H,8-9,12-17,22H2,1-5H3,(H2,41,43,44,45);(H,6,7). The number of fused-ring (bicyclic) bond motifs is 1. The lowest BCUT2D eigenvalue weighted by Crippen LogP contribution is -2.50. The number of carboxylic acids is 1. The van der Waals surface area contributed by atoms with E-state index in [-0.39, 0.29) is 5.91 Å². The molecule has 0 spiro atoms. The van der Waals surface area contributed by atoms with Gasteiger partial charge in [-0.05, 0) is 66.2 Å². The van der Waals surface area contributed by atoms with E-state index in [1.807, 2.05) is 41.2 Å². The summed E-state index contributed by atoms with van der Waals surface area (Å²) in [5.41, 5.74) is 5.71. The number of piperazine rings is 1. The number of amides is 1. The van der Waals surface area contributed by atoms with Crippen LogP contribution in [0, 0.1) is 5.92 Å². The number of aromatic nitrogens is 6. The van der Waals surface area contributed by atoms with Crippen molar-refractivity contribution in [2.45, 2.75) is 25.9 Å². The summed E-state index contributed by atoms with van der Waals surface area (Å²) in [5, 5.41) is 19.0. The molecular formula is C39H46BrF3N11O5P. The fourth-order valence-electron chi connectivity index (χ4n) is 7.29. The second-order valence-electron chi connectivity index (χ2n) is 14.9. The Morgan fingerprint density at radius 2 is 1.67 bits per heavy atom. The lowest BCUT2D eigenvalue weighted by Gasteiger charge is -2.39. The third-order valence-electron chi connectivity index (χ3n) is 10.3. The average Bonchev–Trinajstić information content (AvgIpc) is 3.64. The Hall–Kier alpha value is -5.33. The zero-order valence-electron chi connectivity index (χ0n) is 33.7. The molecule has 21 heteroatoms. The Bertz CT molecular complexity index is 2400. The number of hydrogen-bond acceptors (Lipinski definition) is 13. The quantitative estimate of drug-likeness (QED) is 0.132. The maximum absolute atomic E-state index is 13.5. The van der Waals surface area contributed by atoms with Crippen LogP contribution in [0.5, 0.6) is 5.75 Å². The molecule has 2 saturated heterocycles. The zero-order valence-corrected chi connectivity index (χ0v) is 36.2. The molecule has 3 aromatic heterocycles. The van der Waals surface area contributed by atoms with Crippen molar-refractivity contribution < 1.29 is 37.2 Å². The lowest BCUT2D eigenvalue weighted by molar-refractivity contribution is -0.192. The molecular weight excluding hydrogens is 870 g/mol. The molecule has 2 fully saturated rings. The number of methoxy groups -OCH3 is 1. The van der Waals surface area contributed by atoms with Gasteiger partial charge in [0.05, 0.1) is 40.0 Å². The van der Waals surface area contributed by atoms with Gasteiger partial charge in [0.2, 0.25) is 11.9 Å². The van der Waals surface area contributed by atoms with E-state index in [1.54, 1.807) is 46.0 Å². The SMILES string of the molecule is COc1cc(N2CCC(CN3CCN(C(C)=O)CC3)CC2)c(-c2cnn(C)c2)cc1Nc1ncc(Br)c(Nc2ccc3nccnc3c2P(C)(C)=O)n1.O=C(O)C(F)(F)F. The van der Waals surface area contributed by atoms with Crippen LogP contribution in [0.1, 0.15) is 19.8 Å². The van der Waals surface area contributed by atoms with Gasteiger partial charge >= 0.3 is 12.1 Å². The third kappa shape index (κ3) is 10.7. The summed E-state index contributed by atoms with van der Waals surface area (Å²) in [6.45, 7) is 11.5. The lowest BCUT2D eigenvalue weighted by atomic mass is 9.94. The summed E-state index contributed by atoms with van der Waals surface area (Å²) in [4.78, 5) is 45.9. The van der Waals surface area contributed by atoms with Crippen molar-refractivity contribution in [2.75, 3.05) is 81.8 Å². The molecule has 0 bridgehead atoms. The Balaban J connectivity index is 0.000000793. The van der Waals surface area contributed by atoms with E-state index in [4.69, 9.17) is 19.6 Å². The molecule has 5 heterocycles. The molecule has 2 aliphatic rings. The largest absolute Gasteiger partial charge is 0.494 e. The first-order valence-electron chi connectivity index (χ1n) is 19.0. The normalized spacial score (nSPS) is 15.3. The zero-order chi connectivity index (χ0) is 43.4. The Kier molecular flexibility index (Phi) is 13.6. The minimum atomic E-state index is -5.08. The van der Waals surface area contributed by atoms with Crippen LogP contribution in [0.25, 0.3) is 22.2 Å². The number of carbonyl (C=O) groups excluding carboxylic acids is 1. The van der Waals surface area contributed by atoms with Crippen molar-refractivity contribution in [1.29, 1.82) is 0 Å². The number of benzene rings is 2. The number of rotatable bonds is 10. The van der Waals surface area contributed by atoms with E-state index >= 15 is 0 Å². The predicted octanol–water partition coefficient (Wildman–Crippen LogP) is 6.34. The molecule has 60 heavy (non-hydrogen) atoms. The summed E-state index contributed by atoms with van der Waals surface area (Å²) < 4.78 is 53.7. The molecule has 0 unspecified atom stereocenters. The number of alkyl halides is 3.